The number of esters is 2. The number of hydrogen-bond donors (Lipinski definition) is 1. The van der Waals surface area contributed by atoms with Crippen molar-refractivity contribution in [1.29, 1.82) is 0 Å². The molecule has 0 bridgehead atoms. The molecule has 0 fully saturated rings. The van der Waals surface area contributed by atoms with Crippen molar-refractivity contribution in [3.8, 4) is 11.5 Å². The molecule has 8 nitrogen and oxygen atoms in total. The smallest absolute Gasteiger partial charge is 0.344 e. The van der Waals surface area contributed by atoms with Gasteiger partial charge in [0, 0.05) is 12.1 Å². The molecule has 1 amide bonds. The van der Waals surface area contributed by atoms with Gasteiger partial charge in [-0.2, -0.15) is 0 Å². The van der Waals surface area contributed by atoms with Crippen molar-refractivity contribution >= 4 is 35.1 Å². The average Bonchev–Trinajstić information content (AvgIpc) is 2.71. The standard InChI is InChI=1S/C21H22ClNO7/c1-12(2)30-19(24)11-29-21(26)14-9-17(27-3)18(28-4)10-16(14)23-20(25)13-7-5-6-8-15(13)22/h5-10,12H,11H2,1-4H3,(H,23,25). The minimum absolute atomic E-state index is 0.0367. The Morgan fingerprint density at radius 1 is 1.00 bits per heavy atom. The van der Waals surface area contributed by atoms with Crippen LogP contribution in [-0.2, 0) is 14.3 Å². The number of hydrogen-bond acceptors (Lipinski definition) is 7. The predicted molar refractivity (Wildman–Crippen MR) is 110 cm³/mol. The van der Waals surface area contributed by atoms with Crippen LogP contribution in [0.1, 0.15) is 34.6 Å². The first-order valence-corrected chi connectivity index (χ1v) is 9.33. The minimum Gasteiger partial charge on any atom is -0.493 e. The van der Waals surface area contributed by atoms with E-state index in [0.29, 0.717) is 0 Å². The lowest BCUT2D eigenvalue weighted by atomic mass is 10.1. The van der Waals surface area contributed by atoms with Crippen molar-refractivity contribution in [3.05, 3.63) is 52.5 Å². The van der Waals surface area contributed by atoms with Gasteiger partial charge in [0.2, 0.25) is 0 Å². The number of benzene rings is 2. The minimum atomic E-state index is -0.855. The zero-order valence-corrected chi connectivity index (χ0v) is 17.7. The molecule has 0 saturated heterocycles. The summed E-state index contributed by atoms with van der Waals surface area (Å²) in [4.78, 5) is 36.9. The fourth-order valence-electron chi connectivity index (χ4n) is 2.49. The van der Waals surface area contributed by atoms with E-state index in [1.165, 1.54) is 26.4 Å². The molecule has 1 N–H and O–H groups in total. The first kappa shape index (κ1) is 23.0. The summed E-state index contributed by atoms with van der Waals surface area (Å²) < 4.78 is 20.4. The maximum atomic E-state index is 12.7. The van der Waals surface area contributed by atoms with Crippen molar-refractivity contribution in [2.45, 2.75) is 20.0 Å². The van der Waals surface area contributed by atoms with Crippen LogP contribution in [0.5, 0.6) is 11.5 Å². The zero-order chi connectivity index (χ0) is 22.3. The van der Waals surface area contributed by atoms with Gasteiger partial charge in [-0.3, -0.25) is 4.79 Å². The molecule has 0 aliphatic carbocycles. The number of ether oxygens (including phenoxy) is 4. The van der Waals surface area contributed by atoms with E-state index in [0.717, 1.165) is 0 Å². The molecule has 0 heterocycles. The highest BCUT2D eigenvalue weighted by Gasteiger charge is 2.22. The van der Waals surface area contributed by atoms with Gasteiger partial charge in [-0.05, 0) is 26.0 Å². The van der Waals surface area contributed by atoms with E-state index in [2.05, 4.69) is 5.32 Å². The predicted octanol–water partition coefficient (Wildman–Crippen LogP) is 3.72. The summed E-state index contributed by atoms with van der Waals surface area (Å²) in [7, 11) is 2.81. The number of rotatable bonds is 8. The van der Waals surface area contributed by atoms with Crippen molar-refractivity contribution in [1.82, 2.24) is 0 Å². The van der Waals surface area contributed by atoms with Crippen LogP contribution in [-0.4, -0.2) is 44.8 Å². The number of nitrogens with one attached hydrogen (secondary N) is 1. The maximum Gasteiger partial charge on any atom is 0.344 e. The molecule has 160 valence electrons. The molecule has 0 aromatic heterocycles. The van der Waals surface area contributed by atoms with Crippen LogP contribution in [0.15, 0.2) is 36.4 Å². The Morgan fingerprint density at radius 2 is 1.63 bits per heavy atom. The van der Waals surface area contributed by atoms with Crippen molar-refractivity contribution in [2.75, 3.05) is 26.1 Å². The van der Waals surface area contributed by atoms with Crippen LogP contribution in [0.25, 0.3) is 0 Å². The van der Waals surface area contributed by atoms with Crippen LogP contribution < -0.4 is 14.8 Å². The van der Waals surface area contributed by atoms with Crippen LogP contribution in [0.2, 0.25) is 5.02 Å². The lowest BCUT2D eigenvalue weighted by molar-refractivity contribution is -0.150. The number of carbonyl (C=O) groups excluding carboxylic acids is 3. The van der Waals surface area contributed by atoms with Gasteiger partial charge in [0.05, 0.1) is 42.2 Å². The van der Waals surface area contributed by atoms with E-state index in [4.69, 9.17) is 30.5 Å². The summed E-state index contributed by atoms with van der Waals surface area (Å²) in [6.45, 7) is 2.77. The monoisotopic (exact) mass is 435 g/mol. The van der Waals surface area contributed by atoms with Crippen molar-refractivity contribution in [3.63, 3.8) is 0 Å². The second kappa shape index (κ2) is 10.5. The first-order valence-electron chi connectivity index (χ1n) is 8.95. The molecule has 2 rings (SSSR count). The number of anilines is 1. The first-order chi connectivity index (χ1) is 14.3. The van der Waals surface area contributed by atoms with E-state index in [1.807, 2.05) is 0 Å². The number of carbonyl (C=O) groups is 3. The van der Waals surface area contributed by atoms with Crippen LogP contribution in [0.4, 0.5) is 5.69 Å². The number of amides is 1. The second-order valence-corrected chi connectivity index (χ2v) is 6.71. The Bertz CT molecular complexity index is 943. The summed E-state index contributed by atoms with van der Waals surface area (Å²) >= 11 is 6.07. The molecule has 2 aromatic rings. The van der Waals surface area contributed by atoms with E-state index >= 15 is 0 Å². The fourth-order valence-corrected chi connectivity index (χ4v) is 2.71. The summed E-state index contributed by atoms with van der Waals surface area (Å²) in [5.41, 5.74) is 0.277. The van der Waals surface area contributed by atoms with Gasteiger partial charge in [0.15, 0.2) is 18.1 Å². The maximum absolute atomic E-state index is 12.7. The zero-order valence-electron chi connectivity index (χ0n) is 17.0. The third-order valence-electron chi connectivity index (χ3n) is 3.80. The van der Waals surface area contributed by atoms with Gasteiger partial charge in [0.25, 0.3) is 5.91 Å². The lowest BCUT2D eigenvalue weighted by Gasteiger charge is -2.16. The van der Waals surface area contributed by atoms with Crippen molar-refractivity contribution in [2.24, 2.45) is 0 Å². The Morgan fingerprint density at radius 3 is 2.23 bits per heavy atom. The molecule has 0 atom stereocenters. The summed E-state index contributed by atoms with van der Waals surface area (Å²) in [5.74, 6) is -1.57. The fraction of sp³-hybridized carbons (Fsp3) is 0.286. The Kier molecular flexibility index (Phi) is 8.06. The molecular formula is C21H22ClNO7. The van der Waals surface area contributed by atoms with Gasteiger partial charge < -0.3 is 24.3 Å². The SMILES string of the molecule is COc1cc(NC(=O)c2ccccc2Cl)c(C(=O)OCC(=O)OC(C)C)cc1OC. The highest BCUT2D eigenvalue weighted by molar-refractivity contribution is 6.34. The van der Waals surface area contributed by atoms with Gasteiger partial charge >= 0.3 is 11.9 Å². The molecule has 0 aliphatic rings. The van der Waals surface area contributed by atoms with Gasteiger partial charge in [-0.25, -0.2) is 9.59 Å². The van der Waals surface area contributed by atoms with Crippen molar-refractivity contribution < 1.29 is 33.3 Å². The summed E-state index contributed by atoms with van der Waals surface area (Å²) in [5, 5.41) is 2.86. The van der Waals surface area contributed by atoms with E-state index < -0.39 is 24.5 Å². The third kappa shape index (κ3) is 5.87. The highest BCUT2D eigenvalue weighted by Crippen LogP contribution is 2.34. The molecule has 0 saturated carbocycles. The molecule has 9 heteroatoms. The van der Waals surface area contributed by atoms with Crippen LogP contribution in [0.3, 0.4) is 0 Å². The van der Waals surface area contributed by atoms with Gasteiger partial charge in [0.1, 0.15) is 0 Å². The van der Waals surface area contributed by atoms with Crippen LogP contribution in [0, 0.1) is 0 Å². The van der Waals surface area contributed by atoms with Gasteiger partial charge in [-0.15, -0.1) is 0 Å². The summed E-state index contributed by atoms with van der Waals surface area (Å²) in [6.07, 6.45) is -0.345. The highest BCUT2D eigenvalue weighted by atomic mass is 35.5. The molecule has 0 radical (unpaired) electrons. The summed E-state index contributed by atoms with van der Waals surface area (Å²) in [6, 6.07) is 9.21. The van der Waals surface area contributed by atoms with E-state index in [-0.39, 0.29) is 39.4 Å². The Labute approximate surface area is 179 Å². The topological polar surface area (TPSA) is 100 Å². The number of halogens is 1. The Hall–Kier alpha value is -3.26. The third-order valence-corrected chi connectivity index (χ3v) is 4.13. The number of methoxy groups -OCH3 is 2. The Balaban J connectivity index is 2.33. The second-order valence-electron chi connectivity index (χ2n) is 6.30. The van der Waals surface area contributed by atoms with Gasteiger partial charge in [-0.1, -0.05) is 23.7 Å². The largest absolute Gasteiger partial charge is 0.493 e. The normalized spacial score (nSPS) is 10.3. The lowest BCUT2D eigenvalue weighted by Crippen LogP contribution is -2.21. The molecule has 0 aliphatic heterocycles. The molecule has 2 aromatic carbocycles. The molecule has 0 unspecified atom stereocenters. The molecule has 0 spiro atoms. The van der Waals surface area contributed by atoms with Crippen LogP contribution >= 0.6 is 11.6 Å². The quantitative estimate of drug-likeness (QED) is 0.630. The average molecular weight is 436 g/mol. The molecule has 30 heavy (non-hydrogen) atoms. The van der Waals surface area contributed by atoms with E-state index in [9.17, 15) is 14.4 Å². The molecular weight excluding hydrogens is 414 g/mol. The van der Waals surface area contributed by atoms with E-state index in [1.54, 1.807) is 38.1 Å².